The number of nitrogens with zero attached hydrogens (tertiary/aromatic N) is 2. The molecule has 4 rings (SSSR count). The molecular formula is C28H29ClN2O6S. The van der Waals surface area contributed by atoms with Crippen LogP contribution in [-0.4, -0.2) is 62.9 Å². The van der Waals surface area contributed by atoms with Gasteiger partial charge < -0.3 is 14.4 Å². The van der Waals surface area contributed by atoms with Crippen LogP contribution < -0.4 is 4.74 Å². The lowest BCUT2D eigenvalue weighted by Crippen LogP contribution is -2.51. The van der Waals surface area contributed by atoms with E-state index in [1.807, 2.05) is 0 Å². The maximum atomic E-state index is 13.9. The predicted molar refractivity (Wildman–Crippen MR) is 144 cm³/mol. The molecule has 1 atom stereocenters. The highest BCUT2D eigenvalue weighted by molar-refractivity contribution is 7.89. The Kier molecular flexibility index (Phi) is 8.71. The summed E-state index contributed by atoms with van der Waals surface area (Å²) in [5, 5.41) is 0.432. The smallest absolute Gasteiger partial charge is 0.337 e. The first kappa shape index (κ1) is 27.6. The number of halogens is 1. The lowest BCUT2D eigenvalue weighted by molar-refractivity contribution is 0.0600. The van der Waals surface area contributed by atoms with Gasteiger partial charge in [-0.1, -0.05) is 29.8 Å². The van der Waals surface area contributed by atoms with Crippen LogP contribution in [0.25, 0.3) is 0 Å². The Balaban J connectivity index is 1.64. The second-order valence-corrected chi connectivity index (χ2v) is 11.3. The zero-order chi connectivity index (χ0) is 27.3. The number of hydrogen-bond donors (Lipinski definition) is 0. The Bertz CT molecular complexity index is 1390. The molecule has 1 unspecified atom stereocenters. The summed E-state index contributed by atoms with van der Waals surface area (Å²) < 4.78 is 39.2. The van der Waals surface area contributed by atoms with Gasteiger partial charge in [-0.3, -0.25) is 4.79 Å². The van der Waals surface area contributed by atoms with Gasteiger partial charge in [0.1, 0.15) is 5.75 Å². The molecule has 3 aromatic rings. The molecule has 0 saturated carbocycles. The number of carbonyl (C=O) groups is 2. The normalized spacial score (nSPS) is 15.8. The number of rotatable bonds is 8. The maximum absolute atomic E-state index is 13.9. The molecule has 0 aromatic heterocycles. The minimum Gasteiger partial charge on any atom is -0.497 e. The summed E-state index contributed by atoms with van der Waals surface area (Å²) in [6.45, 7) is 0.830. The van der Waals surface area contributed by atoms with Gasteiger partial charge in [0.25, 0.3) is 5.91 Å². The van der Waals surface area contributed by atoms with Gasteiger partial charge in [0.15, 0.2) is 0 Å². The van der Waals surface area contributed by atoms with Crippen molar-refractivity contribution in [1.29, 1.82) is 0 Å². The van der Waals surface area contributed by atoms with E-state index in [2.05, 4.69) is 0 Å². The molecule has 200 valence electrons. The van der Waals surface area contributed by atoms with Crippen molar-refractivity contribution in [3.63, 3.8) is 0 Å². The summed E-state index contributed by atoms with van der Waals surface area (Å²) in [4.78, 5) is 27.0. The van der Waals surface area contributed by atoms with Crippen molar-refractivity contribution < 1.29 is 27.5 Å². The van der Waals surface area contributed by atoms with Crippen LogP contribution >= 0.6 is 11.6 Å². The van der Waals surface area contributed by atoms with Gasteiger partial charge >= 0.3 is 5.97 Å². The molecule has 3 aromatic carbocycles. The first-order chi connectivity index (χ1) is 18.2. The Morgan fingerprint density at radius 1 is 1.00 bits per heavy atom. The SMILES string of the molecule is COC(=O)c1ccc(CN(C2CCCN(C(=O)c3cccc(OC)c3)C2)S(=O)(=O)c2ccc(Cl)cc2)cc1. The van der Waals surface area contributed by atoms with Crippen molar-refractivity contribution in [1.82, 2.24) is 9.21 Å². The van der Waals surface area contributed by atoms with E-state index >= 15 is 0 Å². The number of esters is 1. The number of ether oxygens (including phenoxy) is 2. The van der Waals surface area contributed by atoms with Gasteiger partial charge in [-0.05, 0) is 73.0 Å². The highest BCUT2D eigenvalue weighted by atomic mass is 35.5. The first-order valence-electron chi connectivity index (χ1n) is 12.1. The Morgan fingerprint density at radius 3 is 2.37 bits per heavy atom. The fourth-order valence-electron chi connectivity index (χ4n) is 4.51. The largest absolute Gasteiger partial charge is 0.497 e. The van der Waals surface area contributed by atoms with E-state index in [1.165, 1.54) is 42.8 Å². The fourth-order valence-corrected chi connectivity index (χ4v) is 6.27. The van der Waals surface area contributed by atoms with E-state index in [0.29, 0.717) is 46.8 Å². The molecule has 10 heteroatoms. The molecule has 38 heavy (non-hydrogen) atoms. The van der Waals surface area contributed by atoms with Crippen molar-refractivity contribution in [3.05, 3.63) is 94.5 Å². The molecule has 1 fully saturated rings. The molecule has 8 nitrogen and oxygen atoms in total. The molecule has 1 aliphatic rings. The number of likely N-dealkylation sites (tertiary alicyclic amines) is 1. The topological polar surface area (TPSA) is 93.2 Å². The van der Waals surface area contributed by atoms with Gasteiger partial charge in [0.2, 0.25) is 10.0 Å². The molecule has 1 saturated heterocycles. The molecule has 0 radical (unpaired) electrons. The molecule has 1 aliphatic heterocycles. The second kappa shape index (κ2) is 12.0. The fraction of sp³-hybridized carbons (Fsp3) is 0.286. The van der Waals surface area contributed by atoms with Gasteiger partial charge in [0.05, 0.1) is 24.7 Å². The summed E-state index contributed by atoms with van der Waals surface area (Å²) in [6, 6.07) is 19.1. The molecule has 0 aliphatic carbocycles. The first-order valence-corrected chi connectivity index (χ1v) is 13.9. The van der Waals surface area contributed by atoms with E-state index in [9.17, 15) is 18.0 Å². The van der Waals surface area contributed by atoms with Gasteiger partial charge in [-0.2, -0.15) is 4.31 Å². The lowest BCUT2D eigenvalue weighted by Gasteiger charge is -2.39. The quantitative estimate of drug-likeness (QED) is 0.376. The van der Waals surface area contributed by atoms with Crippen molar-refractivity contribution in [3.8, 4) is 5.75 Å². The Hall–Kier alpha value is -3.40. The van der Waals surface area contributed by atoms with Crippen molar-refractivity contribution in [2.24, 2.45) is 0 Å². The zero-order valence-corrected chi connectivity index (χ0v) is 22.7. The van der Waals surface area contributed by atoms with E-state index in [-0.39, 0.29) is 23.9 Å². The van der Waals surface area contributed by atoms with E-state index in [0.717, 1.165) is 0 Å². The maximum Gasteiger partial charge on any atom is 0.337 e. The van der Waals surface area contributed by atoms with Crippen LogP contribution in [0.15, 0.2) is 77.7 Å². The lowest BCUT2D eigenvalue weighted by atomic mass is 10.0. The molecular weight excluding hydrogens is 528 g/mol. The number of amides is 1. The van der Waals surface area contributed by atoms with Gasteiger partial charge in [-0.15, -0.1) is 0 Å². The third kappa shape index (κ3) is 6.18. The minimum atomic E-state index is -3.95. The van der Waals surface area contributed by atoms with Crippen molar-refractivity contribution >= 4 is 33.5 Å². The number of sulfonamides is 1. The van der Waals surface area contributed by atoms with Crippen LogP contribution in [0.3, 0.4) is 0 Å². The van der Waals surface area contributed by atoms with Crippen LogP contribution in [0, 0.1) is 0 Å². The molecule has 1 amide bonds. The van der Waals surface area contributed by atoms with Crippen LogP contribution in [-0.2, 0) is 21.3 Å². The number of hydrogen-bond acceptors (Lipinski definition) is 6. The minimum absolute atomic E-state index is 0.0677. The number of carbonyl (C=O) groups excluding carboxylic acids is 2. The second-order valence-electron chi connectivity index (χ2n) is 8.97. The molecule has 0 N–H and O–H groups in total. The summed E-state index contributed by atoms with van der Waals surface area (Å²) in [5.74, 6) is -0.0761. The van der Waals surface area contributed by atoms with Crippen LogP contribution in [0.5, 0.6) is 5.75 Å². The highest BCUT2D eigenvalue weighted by Gasteiger charge is 2.36. The summed E-state index contributed by atoms with van der Waals surface area (Å²) >= 11 is 6.01. The molecule has 0 spiro atoms. The summed E-state index contributed by atoms with van der Waals surface area (Å²) in [6.07, 6.45) is 1.24. The standard InChI is InChI=1S/C28H29ClN2O6S/c1-36-25-7-3-5-22(17-25)27(32)30-16-4-6-24(19-30)31(38(34,35)26-14-12-23(29)13-15-26)18-20-8-10-21(11-9-20)28(33)37-2/h3,5,7-15,17,24H,4,6,16,18-19H2,1-2H3. The molecule has 1 heterocycles. The number of piperidine rings is 1. The van der Waals surface area contributed by atoms with Crippen LogP contribution in [0.4, 0.5) is 0 Å². The average molecular weight is 557 g/mol. The van der Waals surface area contributed by atoms with Crippen molar-refractivity contribution in [2.75, 3.05) is 27.3 Å². The van der Waals surface area contributed by atoms with E-state index in [4.69, 9.17) is 21.1 Å². The average Bonchev–Trinajstić information content (AvgIpc) is 2.95. The summed E-state index contributed by atoms with van der Waals surface area (Å²) in [5.41, 5.74) is 1.55. The Labute approximate surface area is 227 Å². The highest BCUT2D eigenvalue weighted by Crippen LogP contribution is 2.28. The van der Waals surface area contributed by atoms with Crippen LogP contribution in [0.1, 0.15) is 39.1 Å². The monoisotopic (exact) mass is 556 g/mol. The summed E-state index contributed by atoms with van der Waals surface area (Å²) in [7, 11) is -1.10. The van der Waals surface area contributed by atoms with Gasteiger partial charge in [0, 0.05) is 36.3 Å². The third-order valence-electron chi connectivity index (χ3n) is 6.54. The Morgan fingerprint density at radius 2 is 1.71 bits per heavy atom. The predicted octanol–water partition coefficient (Wildman–Crippen LogP) is 4.63. The van der Waals surface area contributed by atoms with Gasteiger partial charge in [-0.25, -0.2) is 13.2 Å². The molecule has 0 bridgehead atoms. The zero-order valence-electron chi connectivity index (χ0n) is 21.2. The third-order valence-corrected chi connectivity index (χ3v) is 8.71. The number of benzene rings is 3. The van der Waals surface area contributed by atoms with E-state index in [1.54, 1.807) is 53.4 Å². The van der Waals surface area contributed by atoms with E-state index < -0.39 is 22.0 Å². The van der Waals surface area contributed by atoms with Crippen LogP contribution in [0.2, 0.25) is 5.02 Å². The number of methoxy groups -OCH3 is 2. The van der Waals surface area contributed by atoms with Crippen molar-refractivity contribution in [2.45, 2.75) is 30.3 Å².